The molecule has 2 aromatic rings. The molecular weight excluding hydrogens is 364 g/mol. The molecule has 1 amide bonds. The van der Waals surface area contributed by atoms with Gasteiger partial charge in [-0.05, 0) is 43.0 Å². The molecule has 3 fully saturated rings. The molecule has 0 aliphatic carbocycles. The molecule has 0 saturated carbocycles. The van der Waals surface area contributed by atoms with Crippen LogP contribution in [0.2, 0.25) is 0 Å². The van der Waals surface area contributed by atoms with Crippen molar-refractivity contribution in [3.63, 3.8) is 0 Å². The lowest BCUT2D eigenvalue weighted by molar-refractivity contribution is -0.143. The zero-order valence-electron chi connectivity index (χ0n) is 15.4. The maximum absolute atomic E-state index is 13.7. The van der Waals surface area contributed by atoms with Gasteiger partial charge in [0.1, 0.15) is 11.6 Å². The number of hydrogen-bond acceptors (Lipinski definition) is 5. The van der Waals surface area contributed by atoms with Gasteiger partial charge in [0.25, 0.3) is 0 Å². The van der Waals surface area contributed by atoms with Crippen LogP contribution in [0, 0.1) is 17.0 Å². The summed E-state index contributed by atoms with van der Waals surface area (Å²) in [7, 11) is 0. The van der Waals surface area contributed by atoms with Crippen molar-refractivity contribution < 1.29 is 13.6 Å². The molecule has 0 N–H and O–H groups in total. The lowest BCUT2D eigenvalue weighted by atomic mass is 9.78. The van der Waals surface area contributed by atoms with Gasteiger partial charge in [-0.2, -0.15) is 0 Å². The first kappa shape index (κ1) is 17.5. The van der Waals surface area contributed by atoms with Crippen LogP contribution in [0.3, 0.4) is 0 Å². The normalized spacial score (nSPS) is 24.2. The number of rotatable bonds is 2. The monoisotopic (exact) mass is 385 g/mol. The molecule has 5 rings (SSSR count). The Morgan fingerprint density at radius 2 is 1.68 bits per heavy atom. The van der Waals surface area contributed by atoms with Crippen molar-refractivity contribution in [3.8, 4) is 0 Å². The Balaban J connectivity index is 1.36. The molecule has 3 aliphatic rings. The number of hydrazine groups is 1. The quantitative estimate of drug-likeness (QED) is 0.795. The fourth-order valence-corrected chi connectivity index (χ4v) is 4.82. The Morgan fingerprint density at radius 1 is 1.00 bits per heavy atom. The van der Waals surface area contributed by atoms with Gasteiger partial charge in [-0.15, -0.1) is 0 Å². The molecule has 0 radical (unpaired) electrons. The second-order valence-electron chi connectivity index (χ2n) is 7.86. The fourth-order valence-electron chi connectivity index (χ4n) is 4.82. The van der Waals surface area contributed by atoms with Gasteiger partial charge in [0.2, 0.25) is 11.9 Å². The van der Waals surface area contributed by atoms with Crippen LogP contribution >= 0.6 is 0 Å². The van der Waals surface area contributed by atoms with E-state index in [1.807, 2.05) is 0 Å². The van der Waals surface area contributed by atoms with Gasteiger partial charge in [0, 0.05) is 44.6 Å². The summed E-state index contributed by atoms with van der Waals surface area (Å²) in [5, 5.41) is 3.81. The van der Waals surface area contributed by atoms with Gasteiger partial charge in [-0.25, -0.2) is 23.8 Å². The Hall–Kier alpha value is -2.61. The number of benzene rings is 1. The van der Waals surface area contributed by atoms with Gasteiger partial charge in [-0.1, -0.05) is 0 Å². The zero-order valence-corrected chi connectivity index (χ0v) is 15.4. The third-order valence-electron chi connectivity index (χ3n) is 6.23. The third kappa shape index (κ3) is 2.74. The van der Waals surface area contributed by atoms with Crippen LogP contribution in [0.1, 0.15) is 30.9 Å². The van der Waals surface area contributed by atoms with Crippen molar-refractivity contribution in [2.45, 2.75) is 25.3 Å². The van der Waals surface area contributed by atoms with Crippen LogP contribution in [0.15, 0.2) is 36.7 Å². The second kappa shape index (κ2) is 6.48. The van der Waals surface area contributed by atoms with E-state index in [4.69, 9.17) is 0 Å². The third-order valence-corrected chi connectivity index (χ3v) is 6.23. The van der Waals surface area contributed by atoms with E-state index >= 15 is 0 Å². The molecule has 0 bridgehead atoms. The number of fused-ring (bicyclic) bond motifs is 1. The highest BCUT2D eigenvalue weighted by Gasteiger charge is 2.56. The molecule has 1 atom stereocenters. The lowest BCUT2D eigenvalue weighted by Crippen LogP contribution is -2.46. The molecular formula is C20H21F2N5O. The predicted octanol–water partition coefficient (Wildman–Crippen LogP) is 2.55. The van der Waals surface area contributed by atoms with Crippen molar-refractivity contribution in [2.24, 2.45) is 5.41 Å². The summed E-state index contributed by atoms with van der Waals surface area (Å²) in [6.45, 7) is 2.83. The van der Waals surface area contributed by atoms with Crippen LogP contribution in [0.4, 0.5) is 14.7 Å². The molecule has 0 unspecified atom stereocenters. The van der Waals surface area contributed by atoms with Crippen molar-refractivity contribution in [2.75, 3.05) is 31.1 Å². The predicted molar refractivity (Wildman–Crippen MR) is 98.0 cm³/mol. The van der Waals surface area contributed by atoms with E-state index in [1.165, 1.54) is 12.1 Å². The number of piperidine rings is 1. The minimum Gasteiger partial charge on any atom is -0.341 e. The molecule has 3 aliphatic heterocycles. The van der Waals surface area contributed by atoms with Crippen LogP contribution in [0.5, 0.6) is 0 Å². The summed E-state index contributed by atoms with van der Waals surface area (Å²) >= 11 is 0. The summed E-state index contributed by atoms with van der Waals surface area (Å²) in [6.07, 6.45) is 5.58. The van der Waals surface area contributed by atoms with E-state index in [-0.39, 0.29) is 11.9 Å². The number of nitrogens with zero attached hydrogens (tertiary/aromatic N) is 5. The molecule has 6 nitrogen and oxygen atoms in total. The summed E-state index contributed by atoms with van der Waals surface area (Å²) in [5.74, 6) is -0.443. The largest absolute Gasteiger partial charge is 0.341 e. The number of amides is 1. The maximum Gasteiger partial charge on any atom is 0.245 e. The van der Waals surface area contributed by atoms with Gasteiger partial charge < -0.3 is 4.90 Å². The number of carbonyl (C=O) groups is 1. The van der Waals surface area contributed by atoms with Crippen molar-refractivity contribution in [3.05, 3.63) is 53.9 Å². The Bertz CT molecular complexity index is 880. The first-order chi connectivity index (χ1) is 13.6. The Morgan fingerprint density at radius 3 is 2.36 bits per heavy atom. The molecule has 3 saturated heterocycles. The van der Waals surface area contributed by atoms with Crippen molar-refractivity contribution >= 4 is 11.9 Å². The molecule has 1 spiro atoms. The van der Waals surface area contributed by atoms with Crippen LogP contribution in [-0.2, 0) is 4.79 Å². The number of halogens is 2. The standard InChI is InChI=1S/C20H21F2N5O/c21-15-10-14(11-16(22)12-15)17-2-7-26-13-20(18(28)27(17)26)3-8-25(9-4-20)19-23-5-1-6-24-19/h1,5-6,10-12,17H,2-4,7-9,13H2/t17-/m0/s1. The van der Waals surface area contributed by atoms with E-state index < -0.39 is 17.0 Å². The van der Waals surface area contributed by atoms with Crippen molar-refractivity contribution in [1.82, 2.24) is 20.0 Å². The Kier molecular flexibility index (Phi) is 4.04. The van der Waals surface area contributed by atoms with Crippen LogP contribution in [-0.4, -0.2) is 52.1 Å². The number of aromatic nitrogens is 2. The van der Waals surface area contributed by atoms with Gasteiger partial charge in [0.05, 0.1) is 11.5 Å². The molecule has 1 aromatic carbocycles. The summed E-state index contributed by atoms with van der Waals surface area (Å²) in [4.78, 5) is 24.1. The van der Waals surface area contributed by atoms with Crippen LogP contribution < -0.4 is 4.90 Å². The number of hydrogen-bond donors (Lipinski definition) is 0. The summed E-state index contributed by atoms with van der Waals surface area (Å²) in [5.41, 5.74) is 0.0936. The highest BCUT2D eigenvalue weighted by Crippen LogP contribution is 2.47. The first-order valence-corrected chi connectivity index (χ1v) is 9.62. The molecule has 4 heterocycles. The Labute approximate surface area is 161 Å². The zero-order chi connectivity index (χ0) is 19.3. The van der Waals surface area contributed by atoms with Gasteiger partial charge in [0.15, 0.2) is 0 Å². The van der Waals surface area contributed by atoms with Crippen LogP contribution in [0.25, 0.3) is 0 Å². The highest BCUT2D eigenvalue weighted by atomic mass is 19.1. The summed E-state index contributed by atoms with van der Waals surface area (Å²) in [6, 6.07) is 5.03. The second-order valence-corrected chi connectivity index (χ2v) is 7.86. The number of carbonyl (C=O) groups excluding carboxylic acids is 1. The minimum absolute atomic E-state index is 0.0771. The highest BCUT2D eigenvalue weighted by molar-refractivity contribution is 5.85. The molecule has 8 heteroatoms. The fraction of sp³-hybridized carbons (Fsp3) is 0.450. The van der Waals surface area contributed by atoms with E-state index in [0.717, 1.165) is 38.5 Å². The minimum atomic E-state index is -0.606. The lowest BCUT2D eigenvalue weighted by Gasteiger charge is -2.37. The van der Waals surface area contributed by atoms with E-state index in [9.17, 15) is 13.6 Å². The topological polar surface area (TPSA) is 52.6 Å². The molecule has 146 valence electrons. The van der Waals surface area contributed by atoms with Gasteiger partial charge >= 0.3 is 0 Å². The van der Waals surface area contributed by atoms with E-state index in [2.05, 4.69) is 19.9 Å². The van der Waals surface area contributed by atoms with E-state index in [0.29, 0.717) is 24.5 Å². The number of anilines is 1. The molecule has 1 aromatic heterocycles. The van der Waals surface area contributed by atoms with Gasteiger partial charge in [-0.3, -0.25) is 9.80 Å². The first-order valence-electron chi connectivity index (χ1n) is 9.62. The average Bonchev–Trinajstić information content (AvgIpc) is 3.21. The SMILES string of the molecule is O=C1N2[C@H](c3cc(F)cc(F)c3)CCN2CC12CCN(c1ncccn1)CC2. The van der Waals surface area contributed by atoms with Crippen molar-refractivity contribution in [1.29, 1.82) is 0 Å². The molecule has 28 heavy (non-hydrogen) atoms. The maximum atomic E-state index is 13.7. The summed E-state index contributed by atoms with van der Waals surface area (Å²) < 4.78 is 27.4. The van der Waals surface area contributed by atoms with E-state index in [1.54, 1.807) is 23.5 Å². The average molecular weight is 385 g/mol. The smallest absolute Gasteiger partial charge is 0.245 e.